The molecule has 4 heterocycles. The summed E-state index contributed by atoms with van der Waals surface area (Å²) in [6.07, 6.45) is 4.82. The summed E-state index contributed by atoms with van der Waals surface area (Å²) < 4.78 is 11.3. The summed E-state index contributed by atoms with van der Waals surface area (Å²) in [5.41, 5.74) is 0.941. The second-order valence-electron chi connectivity index (χ2n) is 12.5. The van der Waals surface area contributed by atoms with E-state index in [0.717, 1.165) is 45.6 Å². The number of hydrogen-bond donors (Lipinski definition) is 2. The minimum atomic E-state index is -0.475. The van der Waals surface area contributed by atoms with E-state index in [4.69, 9.17) is 21.1 Å². The number of aromatic nitrogens is 3. The topological polar surface area (TPSA) is 113 Å². The van der Waals surface area contributed by atoms with Crippen LogP contribution in [0.3, 0.4) is 0 Å². The molecule has 2 aliphatic heterocycles. The number of fused-ring (bicyclic) bond motifs is 1. The first-order chi connectivity index (χ1) is 21.1. The van der Waals surface area contributed by atoms with Crippen LogP contribution in [-0.4, -0.2) is 81.0 Å². The van der Waals surface area contributed by atoms with Crippen molar-refractivity contribution in [3.05, 3.63) is 77.2 Å². The average Bonchev–Trinajstić information content (AvgIpc) is 3.40. The fourth-order valence-electron chi connectivity index (χ4n) is 5.74. The number of anilines is 1. The van der Waals surface area contributed by atoms with Crippen molar-refractivity contribution in [3.63, 3.8) is 0 Å². The third-order valence-electron chi connectivity index (χ3n) is 7.93. The molecule has 0 radical (unpaired) electrons. The molecule has 0 unspecified atom stereocenters. The number of nitrogens with zero attached hydrogens (tertiary/aromatic N) is 4. The Kier molecular flexibility index (Phi) is 8.46. The average molecular weight is 617 g/mol. The van der Waals surface area contributed by atoms with E-state index in [1.165, 1.54) is 6.33 Å². The van der Waals surface area contributed by atoms with Crippen LogP contribution in [0.5, 0.6) is 11.5 Å². The number of carbonyl (C=O) groups is 2. The number of nitrogens with one attached hydrogen (secondary N) is 2. The second-order valence-corrected chi connectivity index (χ2v) is 12.9. The minimum Gasteiger partial charge on any atom is -0.457 e. The van der Waals surface area contributed by atoms with E-state index in [9.17, 15) is 9.59 Å². The van der Waals surface area contributed by atoms with E-state index in [0.29, 0.717) is 50.4 Å². The molecule has 2 fully saturated rings. The number of rotatable bonds is 8. The van der Waals surface area contributed by atoms with Gasteiger partial charge in [-0.1, -0.05) is 29.8 Å². The first kappa shape index (κ1) is 29.9. The fourth-order valence-corrected chi connectivity index (χ4v) is 6.00. The second kappa shape index (κ2) is 12.5. The number of likely N-dealkylation sites (tertiary alicyclic amines) is 2. The van der Waals surface area contributed by atoms with E-state index >= 15 is 0 Å². The Labute approximate surface area is 261 Å². The third kappa shape index (κ3) is 6.81. The number of amides is 1. The predicted molar refractivity (Wildman–Crippen MR) is 170 cm³/mol. The Hall–Kier alpha value is -4.15. The van der Waals surface area contributed by atoms with Crippen molar-refractivity contribution in [2.24, 2.45) is 5.92 Å². The Morgan fingerprint density at radius 2 is 1.77 bits per heavy atom. The molecule has 2 N–H and O–H groups in total. The maximum Gasteiger partial charge on any atom is 0.410 e. The lowest BCUT2D eigenvalue weighted by atomic mass is 9.97. The van der Waals surface area contributed by atoms with Gasteiger partial charge in [0.15, 0.2) is 5.78 Å². The van der Waals surface area contributed by atoms with Crippen LogP contribution in [-0.2, 0) is 4.74 Å². The molecule has 1 amide bonds. The number of hydrogen-bond acceptors (Lipinski definition) is 8. The van der Waals surface area contributed by atoms with Gasteiger partial charge in [-0.05, 0) is 57.9 Å². The SMILES string of the molecule is CC(C)(C)OC(=O)N1CC(CN2CCC(Nc3ncnc4[nH]cc(C(=O)c5ccc(Oc6ccccc6)cc5Cl)c34)CC2)C1. The van der Waals surface area contributed by atoms with Gasteiger partial charge in [-0.25, -0.2) is 14.8 Å². The van der Waals surface area contributed by atoms with E-state index in [-0.39, 0.29) is 17.9 Å². The van der Waals surface area contributed by atoms with Crippen LogP contribution in [0.4, 0.5) is 10.6 Å². The summed E-state index contributed by atoms with van der Waals surface area (Å²) in [7, 11) is 0. The summed E-state index contributed by atoms with van der Waals surface area (Å²) in [5.74, 6) is 2.11. The Balaban J connectivity index is 1.07. The maximum absolute atomic E-state index is 13.7. The molecule has 2 aromatic carbocycles. The normalized spacial score (nSPS) is 16.5. The molecule has 2 aliphatic rings. The summed E-state index contributed by atoms with van der Waals surface area (Å²) >= 11 is 6.58. The Morgan fingerprint density at radius 3 is 2.48 bits per heavy atom. The number of para-hydroxylation sites is 1. The number of ether oxygens (including phenoxy) is 2. The lowest BCUT2D eigenvalue weighted by molar-refractivity contribution is -0.00735. The molecule has 0 aliphatic carbocycles. The molecule has 0 bridgehead atoms. The minimum absolute atomic E-state index is 0.208. The van der Waals surface area contributed by atoms with E-state index < -0.39 is 5.60 Å². The number of ketones is 1. The number of aromatic amines is 1. The van der Waals surface area contributed by atoms with Gasteiger partial charge >= 0.3 is 6.09 Å². The first-order valence-electron chi connectivity index (χ1n) is 15.0. The molecule has 230 valence electrons. The highest BCUT2D eigenvalue weighted by Crippen LogP contribution is 2.32. The van der Waals surface area contributed by atoms with Crippen molar-refractivity contribution in [1.29, 1.82) is 0 Å². The van der Waals surface area contributed by atoms with E-state index in [1.54, 1.807) is 29.3 Å². The molecule has 44 heavy (non-hydrogen) atoms. The zero-order valence-electron chi connectivity index (χ0n) is 25.2. The molecule has 2 saturated heterocycles. The van der Waals surface area contributed by atoms with E-state index in [2.05, 4.69) is 25.2 Å². The van der Waals surface area contributed by atoms with Crippen LogP contribution < -0.4 is 10.1 Å². The van der Waals surface area contributed by atoms with Crippen LogP contribution in [0.25, 0.3) is 11.0 Å². The van der Waals surface area contributed by atoms with Gasteiger partial charge in [0.1, 0.15) is 34.9 Å². The number of carbonyl (C=O) groups excluding carboxylic acids is 2. The van der Waals surface area contributed by atoms with Crippen LogP contribution in [0.15, 0.2) is 61.1 Å². The van der Waals surface area contributed by atoms with Gasteiger partial charge in [0, 0.05) is 62.5 Å². The number of halogens is 1. The van der Waals surface area contributed by atoms with Crippen LogP contribution in [0.2, 0.25) is 5.02 Å². The quantitative estimate of drug-likeness (QED) is 0.219. The number of piperidine rings is 1. The molecule has 0 atom stereocenters. The Bertz CT molecular complexity index is 1640. The van der Waals surface area contributed by atoms with Crippen LogP contribution >= 0.6 is 11.6 Å². The molecule has 2 aromatic heterocycles. The van der Waals surface area contributed by atoms with Crippen molar-refractivity contribution in [2.45, 2.75) is 45.3 Å². The standard InChI is InChI=1S/C33H37ClN6O4/c1-33(2,3)44-32(42)40-18-21(19-40)17-39-13-11-22(12-14-39)38-31-28-26(16-35-30(28)36-20-37-31)29(41)25-10-9-24(15-27(25)34)43-23-7-5-4-6-8-23/h4-10,15-16,20-22H,11-14,17-19H2,1-3H3,(H2,35,36,37,38). The molecular formula is C33H37ClN6O4. The van der Waals surface area contributed by atoms with Gasteiger partial charge in [-0.15, -0.1) is 0 Å². The largest absolute Gasteiger partial charge is 0.457 e. The Morgan fingerprint density at radius 1 is 1.02 bits per heavy atom. The molecule has 11 heteroatoms. The van der Waals surface area contributed by atoms with Crippen molar-refractivity contribution in [3.8, 4) is 11.5 Å². The summed E-state index contributed by atoms with van der Waals surface area (Å²) in [4.78, 5) is 42.2. The molecule has 4 aromatic rings. The number of benzene rings is 2. The van der Waals surface area contributed by atoms with Gasteiger partial charge in [0.25, 0.3) is 0 Å². The van der Waals surface area contributed by atoms with Crippen molar-refractivity contribution >= 4 is 40.3 Å². The van der Waals surface area contributed by atoms with E-state index in [1.807, 2.05) is 51.1 Å². The summed E-state index contributed by atoms with van der Waals surface area (Å²) in [6, 6.07) is 14.7. The third-order valence-corrected chi connectivity index (χ3v) is 8.24. The molecule has 0 saturated carbocycles. The summed E-state index contributed by atoms with van der Waals surface area (Å²) in [5, 5.41) is 4.53. The zero-order valence-corrected chi connectivity index (χ0v) is 25.9. The van der Waals surface area contributed by atoms with Gasteiger partial charge in [0.2, 0.25) is 0 Å². The highest BCUT2D eigenvalue weighted by molar-refractivity contribution is 6.35. The maximum atomic E-state index is 13.7. The highest BCUT2D eigenvalue weighted by atomic mass is 35.5. The smallest absolute Gasteiger partial charge is 0.410 e. The van der Waals surface area contributed by atoms with Gasteiger partial charge in [-0.2, -0.15) is 0 Å². The fraction of sp³-hybridized carbons (Fsp3) is 0.394. The molecular weight excluding hydrogens is 580 g/mol. The first-order valence-corrected chi connectivity index (χ1v) is 15.4. The summed E-state index contributed by atoms with van der Waals surface area (Å²) in [6.45, 7) is 10.0. The van der Waals surface area contributed by atoms with Crippen molar-refractivity contribution < 1.29 is 19.1 Å². The zero-order chi connectivity index (χ0) is 30.8. The van der Waals surface area contributed by atoms with Crippen molar-refractivity contribution in [1.82, 2.24) is 24.8 Å². The lowest BCUT2D eigenvalue weighted by Gasteiger charge is -2.43. The molecule has 10 nitrogen and oxygen atoms in total. The number of H-pyrrole nitrogens is 1. The van der Waals surface area contributed by atoms with Crippen molar-refractivity contribution in [2.75, 3.05) is 38.0 Å². The van der Waals surface area contributed by atoms with Crippen LogP contribution in [0, 0.1) is 5.92 Å². The van der Waals surface area contributed by atoms with Gasteiger partial charge in [-0.3, -0.25) is 4.79 Å². The van der Waals surface area contributed by atoms with Crippen LogP contribution in [0.1, 0.15) is 49.5 Å². The molecule has 6 rings (SSSR count). The predicted octanol–water partition coefficient (Wildman–Crippen LogP) is 6.38. The van der Waals surface area contributed by atoms with Gasteiger partial charge < -0.3 is 29.6 Å². The highest BCUT2D eigenvalue weighted by Gasteiger charge is 2.35. The monoisotopic (exact) mass is 616 g/mol. The van der Waals surface area contributed by atoms with Gasteiger partial charge in [0.05, 0.1) is 16.0 Å². The molecule has 0 spiro atoms. The lowest BCUT2D eigenvalue weighted by Crippen LogP contribution is -2.55.